The topological polar surface area (TPSA) is 168 Å². The van der Waals surface area contributed by atoms with Crippen LogP contribution in [0.1, 0.15) is 81.6 Å². The monoisotopic (exact) mass is 916 g/mol. The highest BCUT2D eigenvalue weighted by Gasteiger charge is 2.33. The normalized spacial score (nSPS) is 12.1. The van der Waals surface area contributed by atoms with Gasteiger partial charge in [-0.1, -0.05) is 48.5 Å². The van der Waals surface area contributed by atoms with Gasteiger partial charge in [0.2, 0.25) is 0 Å². The maximum Gasteiger partial charge on any atom is 0.263 e. The summed E-state index contributed by atoms with van der Waals surface area (Å²) in [5.74, 6) is 2.83. The number of nitrogens with zero attached hydrogens (tertiary/aromatic N) is 6. The Morgan fingerprint density at radius 1 is 0.531 bits per heavy atom. The lowest BCUT2D eigenvalue weighted by Crippen LogP contribution is -2.30. The van der Waals surface area contributed by atoms with Crippen LogP contribution in [0.3, 0.4) is 0 Å². The van der Waals surface area contributed by atoms with Crippen LogP contribution in [0.25, 0.3) is 0 Å². The number of sulfonamides is 2. The van der Waals surface area contributed by atoms with E-state index in [0.717, 1.165) is 33.8 Å². The van der Waals surface area contributed by atoms with Crippen molar-refractivity contribution < 1.29 is 40.9 Å². The summed E-state index contributed by atoms with van der Waals surface area (Å²) in [7, 11) is -1.44. The van der Waals surface area contributed by atoms with E-state index in [-0.39, 0.29) is 48.3 Å². The van der Waals surface area contributed by atoms with Gasteiger partial charge in [0.1, 0.15) is 28.6 Å². The van der Waals surface area contributed by atoms with Crippen LogP contribution in [0.5, 0.6) is 23.0 Å². The average molecular weight is 917 g/mol. The zero-order chi connectivity index (χ0) is 46.8. The first-order chi connectivity index (χ1) is 30.3. The molecule has 0 aliphatic heterocycles. The largest absolute Gasteiger partial charge is 0.497 e. The lowest BCUT2D eigenvalue weighted by molar-refractivity contribution is 0.0669. The number of methoxy groups -OCH3 is 4. The molecule has 0 saturated carbocycles. The van der Waals surface area contributed by atoms with Crippen LogP contribution in [0.2, 0.25) is 0 Å². The minimum atomic E-state index is -4.00. The van der Waals surface area contributed by atoms with Crippen molar-refractivity contribution in [2.45, 2.75) is 95.5 Å². The highest BCUT2D eigenvalue weighted by molar-refractivity contribution is 7.89. The number of hydrogen-bond acceptors (Lipinski definition) is 11. The molecule has 0 atom stereocenters. The van der Waals surface area contributed by atoms with Gasteiger partial charge < -0.3 is 24.1 Å². The molecule has 0 unspecified atom stereocenters. The third kappa shape index (κ3) is 12.5. The molecule has 0 radical (unpaired) electrons. The quantitative estimate of drug-likeness (QED) is 0.0837. The molecule has 2 heterocycles. The van der Waals surface area contributed by atoms with E-state index in [9.17, 15) is 21.9 Å². The highest BCUT2D eigenvalue weighted by Crippen LogP contribution is 2.29. The van der Waals surface area contributed by atoms with E-state index in [0.29, 0.717) is 17.2 Å². The third-order valence-corrected chi connectivity index (χ3v) is 13.6. The van der Waals surface area contributed by atoms with Gasteiger partial charge >= 0.3 is 0 Å². The maximum atomic E-state index is 13.8. The molecule has 0 saturated heterocycles. The molecule has 0 aliphatic rings. The first-order valence-electron chi connectivity index (χ1n) is 20.7. The summed E-state index contributed by atoms with van der Waals surface area (Å²) in [6.07, 6.45) is 1.69. The van der Waals surface area contributed by atoms with Crippen molar-refractivity contribution in [2.24, 2.45) is 0 Å². The smallest absolute Gasteiger partial charge is 0.263 e. The Morgan fingerprint density at radius 3 is 1.11 bits per heavy atom. The molecular formula is C47H60N6O9S2. The van der Waals surface area contributed by atoms with Crippen LogP contribution in [0, 0.1) is 0 Å². The summed E-state index contributed by atoms with van der Waals surface area (Å²) in [4.78, 5) is 0. The second-order valence-corrected chi connectivity index (χ2v) is 19.9. The Labute approximate surface area is 377 Å². The van der Waals surface area contributed by atoms with Gasteiger partial charge in [-0.25, -0.2) is 16.8 Å². The molecule has 17 heteroatoms. The Balaban J connectivity index is 0.000000243. The van der Waals surface area contributed by atoms with Gasteiger partial charge in [-0.2, -0.15) is 18.8 Å². The molecule has 6 aromatic rings. The minimum absolute atomic E-state index is 0.0400. The molecule has 0 amide bonds. The van der Waals surface area contributed by atoms with E-state index in [1.54, 1.807) is 88.2 Å². The fraction of sp³-hybridized carbons (Fsp3) is 0.362. The predicted octanol–water partition coefficient (Wildman–Crippen LogP) is 7.97. The summed E-state index contributed by atoms with van der Waals surface area (Å²) in [5.41, 5.74) is 2.53. The molecule has 0 bridgehead atoms. The molecule has 344 valence electrons. The van der Waals surface area contributed by atoms with Crippen LogP contribution in [0.4, 0.5) is 0 Å². The average Bonchev–Trinajstić information content (AvgIpc) is 3.98. The van der Waals surface area contributed by atoms with Crippen molar-refractivity contribution in [3.05, 3.63) is 143 Å². The molecule has 4 aromatic carbocycles. The van der Waals surface area contributed by atoms with Gasteiger partial charge in [0.15, 0.2) is 10.1 Å². The Hall–Kier alpha value is -5.72. The first kappa shape index (κ1) is 49.3. The highest BCUT2D eigenvalue weighted by atomic mass is 32.2. The van der Waals surface area contributed by atoms with E-state index >= 15 is 0 Å². The molecule has 15 nitrogen and oxygen atoms in total. The van der Waals surface area contributed by atoms with Gasteiger partial charge in [0, 0.05) is 50.5 Å². The molecule has 64 heavy (non-hydrogen) atoms. The van der Waals surface area contributed by atoms with Crippen molar-refractivity contribution in [3.63, 3.8) is 0 Å². The standard InChI is InChI=1S/C25H33N3O5S.C22H27N3O4S/c1-18(2)28-23(25(3,4)29)15-24(26-28)34(30,31)27(16-19-7-11-21(32-5)12-8-19)17-20-9-13-22(33-6)14-10-20;1-17(2)25-14-13-22(23-25)30(26,27)24(15-18-5-9-20(28-3)10-6-18)16-19-7-11-21(29-4)12-8-19/h7-15,18,29H,16-17H2,1-6H3;5-14,17H,15-16H2,1-4H3. The second-order valence-electron chi connectivity index (χ2n) is 16.1. The number of aromatic nitrogens is 4. The Kier molecular flexibility index (Phi) is 16.4. The number of rotatable bonds is 19. The number of ether oxygens (including phenoxy) is 4. The van der Waals surface area contributed by atoms with Crippen LogP contribution in [-0.2, 0) is 51.8 Å². The number of hydrogen-bond donors (Lipinski definition) is 1. The van der Waals surface area contributed by atoms with Gasteiger partial charge in [-0.15, -0.1) is 0 Å². The lowest BCUT2D eigenvalue weighted by atomic mass is 10.1. The molecule has 6 rings (SSSR count). The van der Waals surface area contributed by atoms with Gasteiger partial charge in [-0.05, 0) is 118 Å². The predicted molar refractivity (Wildman–Crippen MR) is 245 cm³/mol. The van der Waals surface area contributed by atoms with E-state index in [1.165, 1.54) is 14.7 Å². The molecule has 2 aromatic heterocycles. The second kappa shape index (κ2) is 21.3. The van der Waals surface area contributed by atoms with Crippen molar-refractivity contribution in [1.29, 1.82) is 0 Å². The van der Waals surface area contributed by atoms with Crippen molar-refractivity contribution in [1.82, 2.24) is 28.2 Å². The third-order valence-electron chi connectivity index (χ3n) is 10.2. The SMILES string of the molecule is COc1ccc(CN(Cc2ccc(OC)cc2)S(=O)(=O)c2cc(C(C)(C)O)n(C(C)C)n2)cc1.COc1ccc(CN(Cc2ccc(OC)cc2)S(=O)(=O)c2ccn(C(C)C)n2)cc1. The van der Waals surface area contributed by atoms with Gasteiger partial charge in [-0.3, -0.25) is 9.36 Å². The van der Waals surface area contributed by atoms with E-state index in [1.807, 2.05) is 100 Å². The fourth-order valence-electron chi connectivity index (χ4n) is 6.55. The van der Waals surface area contributed by atoms with Crippen LogP contribution in [0.15, 0.2) is 125 Å². The van der Waals surface area contributed by atoms with Crippen LogP contribution < -0.4 is 18.9 Å². The number of aliphatic hydroxyl groups is 1. The molecule has 0 fully saturated rings. The maximum absolute atomic E-state index is 13.8. The van der Waals surface area contributed by atoms with Crippen molar-refractivity contribution in [2.75, 3.05) is 28.4 Å². The minimum Gasteiger partial charge on any atom is -0.497 e. The summed E-state index contributed by atoms with van der Waals surface area (Å²) in [5, 5.41) is 19.2. The molecule has 0 spiro atoms. The van der Waals surface area contributed by atoms with Gasteiger partial charge in [0.25, 0.3) is 20.0 Å². The zero-order valence-corrected chi connectivity index (χ0v) is 39.8. The summed E-state index contributed by atoms with van der Waals surface area (Å²) < 4.78 is 81.3. The molecule has 0 aliphatic carbocycles. The fourth-order valence-corrected chi connectivity index (χ4v) is 9.24. The van der Waals surface area contributed by atoms with Gasteiger partial charge in [0.05, 0.1) is 34.1 Å². The molecule has 1 N–H and O–H groups in total. The van der Waals surface area contributed by atoms with Crippen LogP contribution >= 0.6 is 0 Å². The van der Waals surface area contributed by atoms with Crippen LogP contribution in [-0.4, -0.2) is 78.6 Å². The Bertz CT molecular complexity index is 2520. The summed E-state index contributed by atoms with van der Waals surface area (Å²) in [6.45, 7) is 11.6. The first-order valence-corrected chi connectivity index (χ1v) is 23.6. The van der Waals surface area contributed by atoms with E-state index < -0.39 is 25.6 Å². The summed E-state index contributed by atoms with van der Waals surface area (Å²) >= 11 is 0. The Morgan fingerprint density at radius 2 is 0.859 bits per heavy atom. The van der Waals surface area contributed by atoms with Crippen molar-refractivity contribution >= 4 is 20.0 Å². The lowest BCUT2D eigenvalue weighted by Gasteiger charge is -2.22. The molecular weight excluding hydrogens is 857 g/mol. The zero-order valence-electron chi connectivity index (χ0n) is 38.2. The number of benzene rings is 4. The van der Waals surface area contributed by atoms with Crippen molar-refractivity contribution in [3.8, 4) is 23.0 Å². The van der Waals surface area contributed by atoms with E-state index in [4.69, 9.17) is 18.9 Å². The summed E-state index contributed by atoms with van der Waals surface area (Å²) in [6, 6.07) is 32.2. The van der Waals surface area contributed by atoms with E-state index in [2.05, 4.69) is 10.2 Å².